The minimum Gasteiger partial charge on any atom is -0.399 e. The molecule has 0 saturated carbocycles. The van der Waals surface area contributed by atoms with Gasteiger partial charge in [-0.1, -0.05) is 18.2 Å². The Morgan fingerprint density at radius 3 is 2.12 bits per heavy atom. The first-order valence-electron chi connectivity index (χ1n) is 5.20. The molecule has 0 fully saturated rings. The van der Waals surface area contributed by atoms with Crippen LogP contribution in [0.5, 0.6) is 0 Å². The maximum absolute atomic E-state index is 5.82. The van der Waals surface area contributed by atoms with Crippen molar-refractivity contribution in [2.75, 3.05) is 5.73 Å². The standard InChI is InChI=1S/C14H14IN/c1-9-3-4-12(8-13(9)15)11-5-6-14(16)10(2)7-11/h3-8H,16H2,1-2H3. The summed E-state index contributed by atoms with van der Waals surface area (Å²) in [6.45, 7) is 4.16. The van der Waals surface area contributed by atoms with Crippen molar-refractivity contribution in [2.24, 2.45) is 0 Å². The van der Waals surface area contributed by atoms with E-state index < -0.39 is 0 Å². The molecule has 16 heavy (non-hydrogen) atoms. The van der Waals surface area contributed by atoms with Crippen LogP contribution in [0.1, 0.15) is 11.1 Å². The predicted octanol–water partition coefficient (Wildman–Crippen LogP) is 4.16. The number of hydrogen-bond acceptors (Lipinski definition) is 1. The molecule has 0 aliphatic heterocycles. The van der Waals surface area contributed by atoms with Gasteiger partial charge in [0.15, 0.2) is 0 Å². The first kappa shape index (κ1) is 11.5. The third-order valence-electron chi connectivity index (χ3n) is 2.77. The summed E-state index contributed by atoms with van der Waals surface area (Å²) in [6.07, 6.45) is 0. The van der Waals surface area contributed by atoms with E-state index in [1.165, 1.54) is 20.3 Å². The van der Waals surface area contributed by atoms with Gasteiger partial charge in [0.1, 0.15) is 0 Å². The largest absolute Gasteiger partial charge is 0.399 e. The van der Waals surface area contributed by atoms with E-state index >= 15 is 0 Å². The molecule has 0 amide bonds. The zero-order valence-electron chi connectivity index (χ0n) is 9.42. The van der Waals surface area contributed by atoms with Crippen molar-refractivity contribution in [3.05, 3.63) is 51.1 Å². The van der Waals surface area contributed by atoms with E-state index in [1.807, 2.05) is 13.0 Å². The Kier molecular flexibility index (Phi) is 3.19. The number of aryl methyl sites for hydroxylation is 2. The summed E-state index contributed by atoms with van der Waals surface area (Å²) in [5.41, 5.74) is 11.6. The van der Waals surface area contributed by atoms with E-state index in [0.29, 0.717) is 0 Å². The monoisotopic (exact) mass is 323 g/mol. The second-order valence-corrected chi connectivity index (χ2v) is 5.20. The van der Waals surface area contributed by atoms with Crippen LogP contribution in [0.4, 0.5) is 5.69 Å². The van der Waals surface area contributed by atoms with Crippen molar-refractivity contribution in [2.45, 2.75) is 13.8 Å². The van der Waals surface area contributed by atoms with Gasteiger partial charge in [0.2, 0.25) is 0 Å². The number of anilines is 1. The van der Waals surface area contributed by atoms with Gasteiger partial charge in [-0.05, 0) is 76.9 Å². The molecule has 0 bridgehead atoms. The lowest BCUT2D eigenvalue weighted by molar-refractivity contribution is 1.41. The van der Waals surface area contributed by atoms with Crippen LogP contribution in [-0.4, -0.2) is 0 Å². The normalized spacial score (nSPS) is 10.4. The molecular weight excluding hydrogens is 309 g/mol. The van der Waals surface area contributed by atoms with Crippen molar-refractivity contribution in [3.63, 3.8) is 0 Å². The molecule has 0 spiro atoms. The number of halogens is 1. The van der Waals surface area contributed by atoms with Crippen LogP contribution < -0.4 is 5.73 Å². The Balaban J connectivity index is 2.50. The Bertz CT molecular complexity index is 483. The summed E-state index contributed by atoms with van der Waals surface area (Å²) < 4.78 is 1.30. The molecule has 2 N–H and O–H groups in total. The quantitative estimate of drug-likeness (QED) is 0.619. The van der Waals surface area contributed by atoms with Crippen LogP contribution in [0.15, 0.2) is 36.4 Å². The lowest BCUT2D eigenvalue weighted by Crippen LogP contribution is -1.90. The molecule has 0 aromatic heterocycles. The van der Waals surface area contributed by atoms with Crippen LogP contribution >= 0.6 is 22.6 Å². The van der Waals surface area contributed by atoms with Crippen LogP contribution in [0.2, 0.25) is 0 Å². The van der Waals surface area contributed by atoms with E-state index in [2.05, 4.69) is 59.8 Å². The van der Waals surface area contributed by atoms with Crippen molar-refractivity contribution in [3.8, 4) is 11.1 Å². The first-order chi connectivity index (χ1) is 7.58. The summed E-state index contributed by atoms with van der Waals surface area (Å²) in [7, 11) is 0. The molecule has 0 saturated heterocycles. The number of benzene rings is 2. The zero-order chi connectivity index (χ0) is 11.7. The highest BCUT2D eigenvalue weighted by molar-refractivity contribution is 14.1. The first-order valence-corrected chi connectivity index (χ1v) is 6.28. The fourth-order valence-corrected chi connectivity index (χ4v) is 2.14. The number of nitrogen functional groups attached to an aromatic ring is 1. The van der Waals surface area contributed by atoms with Crippen molar-refractivity contribution >= 4 is 28.3 Å². The van der Waals surface area contributed by atoms with Crippen LogP contribution in [0, 0.1) is 17.4 Å². The van der Waals surface area contributed by atoms with E-state index in [0.717, 1.165) is 11.3 Å². The number of hydrogen-bond donors (Lipinski definition) is 1. The van der Waals surface area contributed by atoms with Gasteiger partial charge in [0, 0.05) is 9.26 Å². The molecule has 2 heteroatoms. The highest BCUT2D eigenvalue weighted by Gasteiger charge is 2.02. The highest BCUT2D eigenvalue weighted by Crippen LogP contribution is 2.25. The fraction of sp³-hybridized carbons (Fsp3) is 0.143. The summed E-state index contributed by atoms with van der Waals surface area (Å²) in [5, 5.41) is 0. The van der Waals surface area contributed by atoms with E-state index in [9.17, 15) is 0 Å². The number of rotatable bonds is 1. The third-order valence-corrected chi connectivity index (χ3v) is 3.94. The average Bonchev–Trinajstić information content (AvgIpc) is 2.26. The lowest BCUT2D eigenvalue weighted by atomic mass is 10.0. The smallest absolute Gasteiger partial charge is 0.0344 e. The summed E-state index contributed by atoms with van der Waals surface area (Å²) in [6, 6.07) is 12.7. The van der Waals surface area contributed by atoms with Crippen molar-refractivity contribution < 1.29 is 0 Å². The minimum absolute atomic E-state index is 0.852. The number of nitrogens with two attached hydrogens (primary N) is 1. The van der Waals surface area contributed by atoms with Crippen molar-refractivity contribution in [1.29, 1.82) is 0 Å². The average molecular weight is 323 g/mol. The molecule has 82 valence electrons. The molecule has 2 aromatic rings. The summed E-state index contributed by atoms with van der Waals surface area (Å²) in [5.74, 6) is 0. The Morgan fingerprint density at radius 2 is 1.50 bits per heavy atom. The second kappa shape index (κ2) is 4.45. The summed E-state index contributed by atoms with van der Waals surface area (Å²) in [4.78, 5) is 0. The van der Waals surface area contributed by atoms with Gasteiger partial charge >= 0.3 is 0 Å². The molecular formula is C14H14IN. The van der Waals surface area contributed by atoms with E-state index in [4.69, 9.17) is 5.73 Å². The van der Waals surface area contributed by atoms with Crippen LogP contribution in [0.25, 0.3) is 11.1 Å². The van der Waals surface area contributed by atoms with Gasteiger partial charge in [0.05, 0.1) is 0 Å². The molecule has 0 radical (unpaired) electrons. The zero-order valence-corrected chi connectivity index (χ0v) is 11.6. The summed E-state index contributed by atoms with van der Waals surface area (Å²) >= 11 is 2.37. The Hall–Kier alpha value is -1.03. The second-order valence-electron chi connectivity index (χ2n) is 4.04. The minimum atomic E-state index is 0.852. The maximum atomic E-state index is 5.82. The third kappa shape index (κ3) is 2.21. The molecule has 0 unspecified atom stereocenters. The Labute approximate surface area is 110 Å². The molecule has 0 heterocycles. The van der Waals surface area contributed by atoms with Gasteiger partial charge in [-0.25, -0.2) is 0 Å². The SMILES string of the molecule is Cc1cc(-c2ccc(C)c(I)c2)ccc1N. The molecule has 2 aromatic carbocycles. The van der Waals surface area contributed by atoms with Crippen LogP contribution in [-0.2, 0) is 0 Å². The molecule has 0 aliphatic rings. The van der Waals surface area contributed by atoms with E-state index in [1.54, 1.807) is 0 Å². The van der Waals surface area contributed by atoms with Gasteiger partial charge in [-0.2, -0.15) is 0 Å². The lowest BCUT2D eigenvalue weighted by Gasteiger charge is -2.07. The predicted molar refractivity (Wildman–Crippen MR) is 78.5 cm³/mol. The van der Waals surface area contributed by atoms with E-state index in [-0.39, 0.29) is 0 Å². The molecule has 1 nitrogen and oxygen atoms in total. The van der Waals surface area contributed by atoms with Gasteiger partial charge in [-0.3, -0.25) is 0 Å². The molecule has 2 rings (SSSR count). The topological polar surface area (TPSA) is 26.0 Å². The fourth-order valence-electron chi connectivity index (χ4n) is 1.63. The Morgan fingerprint density at radius 1 is 0.875 bits per heavy atom. The molecule has 0 atom stereocenters. The van der Waals surface area contributed by atoms with Gasteiger partial charge in [0.25, 0.3) is 0 Å². The maximum Gasteiger partial charge on any atom is 0.0344 e. The van der Waals surface area contributed by atoms with Gasteiger partial charge in [-0.15, -0.1) is 0 Å². The highest BCUT2D eigenvalue weighted by atomic mass is 127. The van der Waals surface area contributed by atoms with Crippen LogP contribution in [0.3, 0.4) is 0 Å². The van der Waals surface area contributed by atoms with Gasteiger partial charge < -0.3 is 5.73 Å². The molecule has 0 aliphatic carbocycles. The van der Waals surface area contributed by atoms with Crippen molar-refractivity contribution in [1.82, 2.24) is 0 Å².